The molecule has 0 amide bonds. The fourth-order valence-corrected chi connectivity index (χ4v) is 1.27. The summed E-state index contributed by atoms with van der Waals surface area (Å²) in [6.07, 6.45) is -2.56. The van der Waals surface area contributed by atoms with E-state index in [1.54, 1.807) is 6.07 Å². The van der Waals surface area contributed by atoms with Crippen LogP contribution in [0.4, 0.5) is 20.2 Å². The van der Waals surface area contributed by atoms with Crippen molar-refractivity contribution < 1.29 is 13.9 Å². The van der Waals surface area contributed by atoms with Gasteiger partial charge in [-0.3, -0.25) is 0 Å². The van der Waals surface area contributed by atoms with Crippen LogP contribution >= 0.6 is 0 Å². The number of hydrogen-bond donors (Lipinski definition) is 3. The lowest BCUT2D eigenvalue weighted by Crippen LogP contribution is -2.15. The first-order valence-electron chi connectivity index (χ1n) is 5.07. The van der Waals surface area contributed by atoms with Crippen LogP contribution in [0.25, 0.3) is 0 Å². The van der Waals surface area contributed by atoms with Crippen LogP contribution in [0.15, 0.2) is 18.2 Å². The van der Waals surface area contributed by atoms with Crippen molar-refractivity contribution in [2.24, 2.45) is 5.92 Å². The molecule has 0 bridgehead atoms. The second-order valence-corrected chi connectivity index (χ2v) is 3.82. The second-order valence-electron chi connectivity index (χ2n) is 3.82. The molecule has 0 heterocycles. The monoisotopic (exact) mass is 230 g/mol. The zero-order valence-electron chi connectivity index (χ0n) is 9.08. The Kier molecular flexibility index (Phi) is 4.49. The van der Waals surface area contributed by atoms with E-state index in [1.807, 2.05) is 6.92 Å². The SMILES string of the molecule is CC(CO)CNc1ccc(N)cc1C(F)F. The molecule has 5 heteroatoms. The van der Waals surface area contributed by atoms with Crippen LogP contribution in [0.1, 0.15) is 18.9 Å². The highest BCUT2D eigenvalue weighted by atomic mass is 19.3. The molecule has 1 aromatic rings. The molecule has 0 aliphatic heterocycles. The summed E-state index contributed by atoms with van der Waals surface area (Å²) < 4.78 is 25.3. The molecule has 0 saturated carbocycles. The topological polar surface area (TPSA) is 58.3 Å². The van der Waals surface area contributed by atoms with Gasteiger partial charge in [0.1, 0.15) is 0 Å². The standard InChI is InChI=1S/C11H16F2N2O/c1-7(6-16)5-15-10-3-2-8(14)4-9(10)11(12)13/h2-4,7,11,15-16H,5-6,14H2,1H3. The van der Waals surface area contributed by atoms with E-state index in [4.69, 9.17) is 10.8 Å². The summed E-state index contributed by atoms with van der Waals surface area (Å²) in [7, 11) is 0. The van der Waals surface area contributed by atoms with Crippen LogP contribution in [-0.4, -0.2) is 18.3 Å². The molecule has 1 unspecified atom stereocenters. The van der Waals surface area contributed by atoms with Crippen molar-refractivity contribution in [3.8, 4) is 0 Å². The number of rotatable bonds is 5. The first kappa shape index (κ1) is 12.7. The molecule has 16 heavy (non-hydrogen) atoms. The number of aliphatic hydroxyl groups is 1. The van der Waals surface area contributed by atoms with Crippen molar-refractivity contribution in [1.82, 2.24) is 0 Å². The van der Waals surface area contributed by atoms with Gasteiger partial charge in [-0.2, -0.15) is 0 Å². The summed E-state index contributed by atoms with van der Waals surface area (Å²) in [4.78, 5) is 0. The lowest BCUT2D eigenvalue weighted by atomic mass is 10.1. The van der Waals surface area contributed by atoms with Crippen molar-refractivity contribution in [3.05, 3.63) is 23.8 Å². The molecule has 1 atom stereocenters. The Morgan fingerprint density at radius 3 is 2.69 bits per heavy atom. The van der Waals surface area contributed by atoms with Crippen LogP contribution in [0.5, 0.6) is 0 Å². The second kappa shape index (κ2) is 5.65. The van der Waals surface area contributed by atoms with Gasteiger partial charge in [0.2, 0.25) is 0 Å². The first-order valence-corrected chi connectivity index (χ1v) is 5.07. The van der Waals surface area contributed by atoms with E-state index in [0.29, 0.717) is 17.9 Å². The largest absolute Gasteiger partial charge is 0.399 e. The Bertz CT molecular complexity index is 345. The number of halogens is 2. The number of benzene rings is 1. The van der Waals surface area contributed by atoms with Gasteiger partial charge in [-0.25, -0.2) is 8.78 Å². The van der Waals surface area contributed by atoms with Gasteiger partial charge in [0, 0.05) is 30.1 Å². The normalized spacial score (nSPS) is 12.8. The lowest BCUT2D eigenvalue weighted by Gasteiger charge is -2.14. The first-order chi connectivity index (χ1) is 7.54. The number of nitrogen functional groups attached to an aromatic ring is 1. The molecule has 3 nitrogen and oxygen atoms in total. The number of alkyl halides is 2. The zero-order valence-corrected chi connectivity index (χ0v) is 9.08. The maximum absolute atomic E-state index is 12.7. The van der Waals surface area contributed by atoms with Crippen LogP contribution < -0.4 is 11.1 Å². The van der Waals surface area contributed by atoms with Crippen molar-refractivity contribution >= 4 is 11.4 Å². The third-order valence-corrected chi connectivity index (χ3v) is 2.26. The van der Waals surface area contributed by atoms with Gasteiger partial charge >= 0.3 is 0 Å². The molecule has 1 aromatic carbocycles. The minimum atomic E-state index is -2.56. The van der Waals surface area contributed by atoms with Crippen molar-refractivity contribution in [2.75, 3.05) is 24.2 Å². The van der Waals surface area contributed by atoms with E-state index < -0.39 is 6.43 Å². The number of aliphatic hydroxyl groups excluding tert-OH is 1. The van der Waals surface area contributed by atoms with Gasteiger partial charge in [-0.15, -0.1) is 0 Å². The Hall–Kier alpha value is -1.36. The highest BCUT2D eigenvalue weighted by molar-refractivity contribution is 5.58. The summed E-state index contributed by atoms with van der Waals surface area (Å²) >= 11 is 0. The Labute approximate surface area is 93.3 Å². The molecule has 4 N–H and O–H groups in total. The highest BCUT2D eigenvalue weighted by Gasteiger charge is 2.13. The minimum Gasteiger partial charge on any atom is -0.399 e. The average Bonchev–Trinajstić information content (AvgIpc) is 2.26. The zero-order chi connectivity index (χ0) is 12.1. The Morgan fingerprint density at radius 1 is 1.44 bits per heavy atom. The molecular weight excluding hydrogens is 214 g/mol. The summed E-state index contributed by atoms with van der Waals surface area (Å²) in [5, 5.41) is 11.7. The number of nitrogens with one attached hydrogen (secondary N) is 1. The number of hydrogen-bond acceptors (Lipinski definition) is 3. The Balaban J connectivity index is 2.78. The van der Waals surface area contributed by atoms with E-state index in [2.05, 4.69) is 5.32 Å². The van der Waals surface area contributed by atoms with Gasteiger partial charge in [0.25, 0.3) is 6.43 Å². The molecule has 0 spiro atoms. The van der Waals surface area contributed by atoms with Crippen LogP contribution in [0, 0.1) is 5.92 Å². The van der Waals surface area contributed by atoms with E-state index in [9.17, 15) is 8.78 Å². The minimum absolute atomic E-state index is 0.0167. The smallest absolute Gasteiger partial charge is 0.265 e. The lowest BCUT2D eigenvalue weighted by molar-refractivity contribution is 0.152. The van der Waals surface area contributed by atoms with Gasteiger partial charge in [-0.05, 0) is 24.1 Å². The van der Waals surface area contributed by atoms with Crippen LogP contribution in [0.2, 0.25) is 0 Å². The van der Waals surface area contributed by atoms with Crippen molar-refractivity contribution in [2.45, 2.75) is 13.3 Å². The molecule has 0 saturated heterocycles. The molecule has 0 aliphatic rings. The molecule has 90 valence electrons. The van der Waals surface area contributed by atoms with Crippen LogP contribution in [-0.2, 0) is 0 Å². The van der Waals surface area contributed by atoms with Crippen molar-refractivity contribution in [1.29, 1.82) is 0 Å². The number of nitrogens with two attached hydrogens (primary N) is 1. The molecular formula is C11H16F2N2O. The van der Waals surface area contributed by atoms with Gasteiger partial charge in [0.05, 0.1) is 0 Å². The summed E-state index contributed by atoms with van der Waals surface area (Å²) in [5.74, 6) is 0.0167. The van der Waals surface area contributed by atoms with E-state index in [-0.39, 0.29) is 18.1 Å². The fraction of sp³-hybridized carbons (Fsp3) is 0.455. The van der Waals surface area contributed by atoms with Gasteiger partial charge in [-0.1, -0.05) is 6.92 Å². The third kappa shape index (κ3) is 3.34. The molecule has 0 aromatic heterocycles. The van der Waals surface area contributed by atoms with E-state index in [1.165, 1.54) is 12.1 Å². The number of anilines is 2. The summed E-state index contributed by atoms with van der Waals surface area (Å²) in [6, 6.07) is 4.36. The van der Waals surface area contributed by atoms with Crippen molar-refractivity contribution in [3.63, 3.8) is 0 Å². The summed E-state index contributed by atoms with van der Waals surface area (Å²) in [5.41, 5.74) is 6.02. The van der Waals surface area contributed by atoms with Gasteiger partial charge < -0.3 is 16.2 Å². The quantitative estimate of drug-likeness (QED) is 0.680. The highest BCUT2D eigenvalue weighted by Crippen LogP contribution is 2.28. The maximum atomic E-state index is 12.7. The molecule has 0 radical (unpaired) electrons. The predicted octanol–water partition coefficient (Wildman–Crippen LogP) is 2.25. The molecule has 0 aliphatic carbocycles. The van der Waals surface area contributed by atoms with Crippen LogP contribution in [0.3, 0.4) is 0 Å². The van der Waals surface area contributed by atoms with E-state index >= 15 is 0 Å². The average molecular weight is 230 g/mol. The maximum Gasteiger partial charge on any atom is 0.265 e. The van der Waals surface area contributed by atoms with E-state index in [0.717, 1.165) is 0 Å². The Morgan fingerprint density at radius 2 is 2.12 bits per heavy atom. The third-order valence-electron chi connectivity index (χ3n) is 2.26. The van der Waals surface area contributed by atoms with Gasteiger partial charge in [0.15, 0.2) is 0 Å². The fourth-order valence-electron chi connectivity index (χ4n) is 1.27. The predicted molar refractivity (Wildman–Crippen MR) is 60.6 cm³/mol. The molecule has 1 rings (SSSR count). The summed E-state index contributed by atoms with van der Waals surface area (Å²) in [6.45, 7) is 2.29. The molecule has 0 fully saturated rings.